The predicted molar refractivity (Wildman–Crippen MR) is 116 cm³/mol. The largest absolute Gasteiger partial charge is 0.362 e. The van der Waals surface area contributed by atoms with Crippen LogP contribution in [-0.4, -0.2) is 22.9 Å². The van der Waals surface area contributed by atoms with Gasteiger partial charge in [0.15, 0.2) is 5.78 Å². The number of anilines is 1. The van der Waals surface area contributed by atoms with Gasteiger partial charge in [-0.05, 0) is 55.9 Å². The molecule has 1 aromatic heterocycles. The van der Waals surface area contributed by atoms with Gasteiger partial charge in [-0.2, -0.15) is 0 Å². The maximum Gasteiger partial charge on any atom is 0.254 e. The van der Waals surface area contributed by atoms with Gasteiger partial charge in [-0.1, -0.05) is 12.1 Å². The molecule has 0 fully saturated rings. The van der Waals surface area contributed by atoms with E-state index >= 15 is 0 Å². The Morgan fingerprint density at radius 3 is 2.69 bits per heavy atom. The molecule has 1 aliphatic carbocycles. The van der Waals surface area contributed by atoms with E-state index in [2.05, 4.69) is 15.6 Å². The number of carbonyl (C=O) groups is 2. The number of nitrogens with one attached hydrogen (secondary N) is 2. The van der Waals surface area contributed by atoms with Crippen molar-refractivity contribution in [2.45, 2.75) is 37.0 Å². The first kappa shape index (κ1) is 19.5. The number of Topliss-reactive ketones (excluding diaryl/α,β-unsaturated/α-hetero) is 1. The maximum absolute atomic E-state index is 13.3. The molecule has 2 aliphatic rings. The van der Waals surface area contributed by atoms with Gasteiger partial charge in [-0.25, -0.2) is 0 Å². The summed E-state index contributed by atoms with van der Waals surface area (Å²) in [5, 5.41) is 6.28. The molecule has 0 radical (unpaired) electrons. The highest BCUT2D eigenvalue weighted by Crippen LogP contribution is 2.42. The van der Waals surface area contributed by atoms with Crippen LogP contribution in [-0.2, 0) is 9.59 Å². The zero-order valence-corrected chi connectivity index (χ0v) is 17.3. The zero-order chi connectivity index (χ0) is 20.4. The maximum atomic E-state index is 13.3. The molecule has 4 rings (SSSR count). The first-order chi connectivity index (χ1) is 14.1. The number of nitrogens with zero attached hydrogens (tertiary/aromatic N) is 1. The van der Waals surface area contributed by atoms with E-state index in [4.69, 9.17) is 0 Å². The highest BCUT2D eigenvalue weighted by atomic mass is 32.2. The molecule has 0 spiro atoms. The van der Waals surface area contributed by atoms with E-state index in [1.54, 1.807) is 36.3 Å². The molecule has 2 N–H and O–H groups in total. The summed E-state index contributed by atoms with van der Waals surface area (Å²) in [6.45, 7) is 1.91. The first-order valence-corrected chi connectivity index (χ1v) is 10.9. The van der Waals surface area contributed by atoms with Crippen LogP contribution < -0.4 is 10.6 Å². The fourth-order valence-corrected chi connectivity index (χ4v) is 4.46. The molecule has 1 aliphatic heterocycles. The minimum atomic E-state index is -0.369. The Kier molecular flexibility index (Phi) is 5.53. The molecule has 6 heteroatoms. The van der Waals surface area contributed by atoms with Crippen molar-refractivity contribution in [3.8, 4) is 0 Å². The highest BCUT2D eigenvalue weighted by molar-refractivity contribution is 7.98. The van der Waals surface area contributed by atoms with Crippen LogP contribution in [0.15, 0.2) is 76.2 Å². The van der Waals surface area contributed by atoms with Crippen LogP contribution in [0.5, 0.6) is 0 Å². The van der Waals surface area contributed by atoms with Gasteiger partial charge < -0.3 is 10.6 Å². The number of ketones is 1. The Morgan fingerprint density at radius 1 is 1.21 bits per heavy atom. The number of aromatic nitrogens is 1. The Hall–Kier alpha value is -2.86. The van der Waals surface area contributed by atoms with E-state index in [1.165, 1.54) is 0 Å². The number of rotatable bonds is 4. The molecule has 29 heavy (non-hydrogen) atoms. The average molecular weight is 406 g/mol. The molecule has 2 heterocycles. The second kappa shape index (κ2) is 8.25. The van der Waals surface area contributed by atoms with Crippen molar-refractivity contribution < 1.29 is 9.59 Å². The number of dihydropyridines is 1. The summed E-state index contributed by atoms with van der Waals surface area (Å²) in [4.78, 5) is 31.4. The fourth-order valence-electron chi connectivity index (χ4n) is 4.05. The normalized spacial score (nSPS) is 19.0. The lowest BCUT2D eigenvalue weighted by Crippen LogP contribution is -2.35. The lowest BCUT2D eigenvalue weighted by atomic mass is 9.75. The van der Waals surface area contributed by atoms with Crippen molar-refractivity contribution in [3.05, 3.63) is 76.9 Å². The van der Waals surface area contributed by atoms with E-state index in [0.717, 1.165) is 40.3 Å². The Labute approximate surface area is 174 Å². The molecule has 1 unspecified atom stereocenters. The van der Waals surface area contributed by atoms with Crippen LogP contribution >= 0.6 is 11.8 Å². The van der Waals surface area contributed by atoms with Crippen molar-refractivity contribution in [1.29, 1.82) is 0 Å². The second-order valence-corrected chi connectivity index (χ2v) is 8.11. The smallest absolute Gasteiger partial charge is 0.254 e. The van der Waals surface area contributed by atoms with Gasteiger partial charge in [0.2, 0.25) is 0 Å². The third-order valence-corrected chi connectivity index (χ3v) is 6.13. The van der Waals surface area contributed by atoms with Gasteiger partial charge in [0.25, 0.3) is 5.91 Å². The van der Waals surface area contributed by atoms with Crippen LogP contribution in [0.4, 0.5) is 5.69 Å². The van der Waals surface area contributed by atoms with Gasteiger partial charge in [0, 0.05) is 46.0 Å². The van der Waals surface area contributed by atoms with Crippen LogP contribution in [0.1, 0.15) is 37.7 Å². The Morgan fingerprint density at radius 2 is 2.00 bits per heavy atom. The third-order valence-electron chi connectivity index (χ3n) is 5.39. The number of hydrogen-bond donors (Lipinski definition) is 2. The van der Waals surface area contributed by atoms with Crippen molar-refractivity contribution in [2.75, 3.05) is 11.6 Å². The minimum absolute atomic E-state index is 0.122. The molecular weight excluding hydrogens is 382 g/mol. The number of hydrogen-bond acceptors (Lipinski definition) is 5. The molecule has 1 aromatic carbocycles. The van der Waals surface area contributed by atoms with Crippen LogP contribution in [0, 0.1) is 0 Å². The highest BCUT2D eigenvalue weighted by Gasteiger charge is 2.38. The van der Waals surface area contributed by atoms with Gasteiger partial charge in [0.1, 0.15) is 0 Å². The van der Waals surface area contributed by atoms with Gasteiger partial charge in [-0.15, -0.1) is 11.8 Å². The zero-order valence-electron chi connectivity index (χ0n) is 16.5. The quantitative estimate of drug-likeness (QED) is 0.738. The number of allylic oxidation sites excluding steroid dienone is 3. The lowest BCUT2D eigenvalue weighted by molar-refractivity contribution is -0.116. The summed E-state index contributed by atoms with van der Waals surface area (Å²) in [5.74, 6) is -0.463. The fraction of sp³-hybridized carbons (Fsp3) is 0.261. The number of amides is 1. The van der Waals surface area contributed by atoms with Gasteiger partial charge in [0.05, 0.1) is 11.9 Å². The topological polar surface area (TPSA) is 71.1 Å². The molecule has 5 nitrogen and oxygen atoms in total. The summed E-state index contributed by atoms with van der Waals surface area (Å²) >= 11 is 1.67. The van der Waals surface area contributed by atoms with Gasteiger partial charge in [-0.3, -0.25) is 14.6 Å². The standard InChI is InChI=1S/C23H23N3O2S/c1-14-20(23(28)26-16-5-4-12-24-13-16)21(15-8-10-17(29-2)11-9-15)22-18(25-14)6-3-7-19(22)27/h4-5,8-13,21,25H,3,6-7H2,1-2H3,(H,26,28). The molecule has 1 amide bonds. The van der Waals surface area contributed by atoms with E-state index < -0.39 is 0 Å². The van der Waals surface area contributed by atoms with Crippen molar-refractivity contribution in [2.24, 2.45) is 0 Å². The minimum Gasteiger partial charge on any atom is -0.362 e. The van der Waals surface area contributed by atoms with Crippen LogP contribution in [0.25, 0.3) is 0 Å². The van der Waals surface area contributed by atoms with E-state index in [-0.39, 0.29) is 17.6 Å². The summed E-state index contributed by atoms with van der Waals surface area (Å²) in [7, 11) is 0. The molecular formula is C23H23N3O2S. The van der Waals surface area contributed by atoms with Gasteiger partial charge >= 0.3 is 0 Å². The van der Waals surface area contributed by atoms with Crippen molar-refractivity contribution >= 4 is 29.1 Å². The van der Waals surface area contributed by atoms with Crippen LogP contribution in [0.2, 0.25) is 0 Å². The number of benzene rings is 1. The number of thioether (sulfide) groups is 1. The van der Waals surface area contributed by atoms with Crippen LogP contribution in [0.3, 0.4) is 0 Å². The van der Waals surface area contributed by atoms with Crippen molar-refractivity contribution in [3.63, 3.8) is 0 Å². The number of pyridine rings is 1. The Bertz CT molecular complexity index is 1010. The summed E-state index contributed by atoms with van der Waals surface area (Å²) < 4.78 is 0. The first-order valence-electron chi connectivity index (χ1n) is 9.68. The van der Waals surface area contributed by atoms with E-state index in [1.807, 2.05) is 37.4 Å². The van der Waals surface area contributed by atoms with E-state index in [9.17, 15) is 9.59 Å². The SMILES string of the molecule is CSc1ccc(C2C(C(=O)Nc3cccnc3)=C(C)NC3=C2C(=O)CCC3)cc1. The monoisotopic (exact) mass is 405 g/mol. The molecule has 0 bridgehead atoms. The summed E-state index contributed by atoms with van der Waals surface area (Å²) in [6.07, 6.45) is 7.50. The molecule has 148 valence electrons. The number of carbonyl (C=O) groups excluding carboxylic acids is 2. The average Bonchev–Trinajstić information content (AvgIpc) is 2.73. The molecule has 0 saturated heterocycles. The third kappa shape index (κ3) is 3.85. The van der Waals surface area contributed by atoms with Crippen molar-refractivity contribution in [1.82, 2.24) is 10.3 Å². The molecule has 0 saturated carbocycles. The predicted octanol–water partition coefficient (Wildman–Crippen LogP) is 4.41. The lowest BCUT2D eigenvalue weighted by Gasteiger charge is -2.34. The summed E-state index contributed by atoms with van der Waals surface area (Å²) in [5.41, 5.74) is 4.65. The van der Waals surface area contributed by atoms with E-state index in [0.29, 0.717) is 17.7 Å². The summed E-state index contributed by atoms with van der Waals surface area (Å²) in [6, 6.07) is 11.7. The molecule has 2 aromatic rings. The molecule has 1 atom stereocenters. The Balaban J connectivity index is 1.78. The second-order valence-electron chi connectivity index (χ2n) is 7.23.